The van der Waals surface area contributed by atoms with Gasteiger partial charge in [0.25, 0.3) is 5.91 Å². The third-order valence-electron chi connectivity index (χ3n) is 3.95. The first-order chi connectivity index (χ1) is 9.56. The number of hydrogen-bond acceptors (Lipinski definition) is 3. The number of likely N-dealkylation sites (N-methyl/N-ethyl adjacent to an activating group) is 1. The second kappa shape index (κ2) is 4.90. The molecule has 1 saturated carbocycles. The van der Waals surface area contributed by atoms with Crippen molar-refractivity contribution in [1.82, 2.24) is 14.5 Å². The highest BCUT2D eigenvalue weighted by molar-refractivity contribution is 5.97. The summed E-state index contributed by atoms with van der Waals surface area (Å²) in [5.74, 6) is 0.306. The van der Waals surface area contributed by atoms with Gasteiger partial charge in [0.15, 0.2) is 0 Å². The molecular formula is C15H19N3O2. The van der Waals surface area contributed by atoms with Gasteiger partial charge in [-0.05, 0) is 37.0 Å². The van der Waals surface area contributed by atoms with Gasteiger partial charge in [0.05, 0.1) is 23.5 Å². The second-order valence-corrected chi connectivity index (χ2v) is 5.65. The van der Waals surface area contributed by atoms with E-state index in [4.69, 9.17) is 0 Å². The summed E-state index contributed by atoms with van der Waals surface area (Å²) in [4.78, 5) is 18.2. The van der Waals surface area contributed by atoms with E-state index in [1.807, 2.05) is 23.7 Å². The predicted octanol–water partition coefficient (Wildman–Crippen LogP) is 1.42. The molecule has 2 aromatic rings. The molecule has 1 fully saturated rings. The van der Waals surface area contributed by atoms with Crippen LogP contribution in [0.4, 0.5) is 0 Å². The van der Waals surface area contributed by atoms with Crippen LogP contribution >= 0.6 is 0 Å². The Morgan fingerprint density at radius 2 is 2.30 bits per heavy atom. The molecule has 0 aliphatic heterocycles. The minimum Gasteiger partial charge on any atom is -0.391 e. The molecule has 5 heteroatoms. The van der Waals surface area contributed by atoms with Gasteiger partial charge >= 0.3 is 0 Å². The summed E-state index contributed by atoms with van der Waals surface area (Å²) in [6, 6.07) is 5.52. The van der Waals surface area contributed by atoms with Crippen LogP contribution in [0.1, 0.15) is 23.2 Å². The number of aromatic nitrogens is 2. The molecule has 0 radical (unpaired) electrons. The zero-order valence-corrected chi connectivity index (χ0v) is 11.8. The van der Waals surface area contributed by atoms with Gasteiger partial charge in [-0.3, -0.25) is 4.79 Å². The fourth-order valence-corrected chi connectivity index (χ4v) is 2.48. The van der Waals surface area contributed by atoms with Gasteiger partial charge in [-0.15, -0.1) is 0 Å². The summed E-state index contributed by atoms with van der Waals surface area (Å²) < 4.78 is 1.92. The van der Waals surface area contributed by atoms with Crippen LogP contribution in [0.2, 0.25) is 0 Å². The Morgan fingerprint density at radius 3 is 3.00 bits per heavy atom. The van der Waals surface area contributed by atoms with E-state index < -0.39 is 6.10 Å². The highest BCUT2D eigenvalue weighted by Gasteiger charge is 2.31. The number of fused-ring (bicyclic) bond motifs is 1. The average Bonchev–Trinajstić information content (AvgIpc) is 3.23. The van der Waals surface area contributed by atoms with E-state index in [0.29, 0.717) is 18.0 Å². The Kier molecular flexibility index (Phi) is 3.22. The third-order valence-corrected chi connectivity index (χ3v) is 3.95. The normalized spacial score (nSPS) is 16.4. The Bertz CT molecular complexity index is 646. The molecule has 1 atom stereocenters. The molecule has 1 heterocycles. The van der Waals surface area contributed by atoms with Gasteiger partial charge < -0.3 is 14.6 Å². The van der Waals surface area contributed by atoms with Crippen molar-refractivity contribution in [3.05, 3.63) is 30.1 Å². The fraction of sp³-hybridized carbons (Fsp3) is 0.467. The van der Waals surface area contributed by atoms with Crippen LogP contribution in [-0.2, 0) is 7.05 Å². The third kappa shape index (κ3) is 2.41. The Hall–Kier alpha value is -1.88. The summed E-state index contributed by atoms with van der Waals surface area (Å²) in [5.41, 5.74) is 2.43. The molecule has 1 N–H and O–H groups in total. The van der Waals surface area contributed by atoms with Crippen LogP contribution in [-0.4, -0.2) is 45.2 Å². The van der Waals surface area contributed by atoms with E-state index >= 15 is 0 Å². The molecule has 106 valence electrons. The minimum absolute atomic E-state index is 0.0720. The van der Waals surface area contributed by atoms with Crippen molar-refractivity contribution in [2.75, 3.05) is 13.6 Å². The summed E-state index contributed by atoms with van der Waals surface area (Å²) in [6.45, 7) is 0.393. The number of amides is 1. The van der Waals surface area contributed by atoms with Crippen LogP contribution in [0.3, 0.4) is 0 Å². The number of aliphatic hydroxyl groups is 1. The Labute approximate surface area is 117 Å². The van der Waals surface area contributed by atoms with Crippen molar-refractivity contribution in [3.63, 3.8) is 0 Å². The monoisotopic (exact) mass is 273 g/mol. The number of rotatable bonds is 4. The van der Waals surface area contributed by atoms with Gasteiger partial charge in [-0.25, -0.2) is 4.98 Å². The maximum absolute atomic E-state index is 12.4. The van der Waals surface area contributed by atoms with Gasteiger partial charge in [-0.1, -0.05) is 0 Å². The van der Waals surface area contributed by atoms with E-state index in [2.05, 4.69) is 4.98 Å². The van der Waals surface area contributed by atoms with E-state index in [0.717, 1.165) is 23.9 Å². The van der Waals surface area contributed by atoms with Crippen molar-refractivity contribution in [2.45, 2.75) is 18.9 Å². The Balaban J connectivity index is 1.76. The molecule has 1 amide bonds. The zero-order valence-electron chi connectivity index (χ0n) is 11.8. The van der Waals surface area contributed by atoms with Gasteiger partial charge in [0.2, 0.25) is 0 Å². The van der Waals surface area contributed by atoms with Crippen molar-refractivity contribution < 1.29 is 9.90 Å². The first-order valence-corrected chi connectivity index (χ1v) is 6.91. The SMILES string of the molecule is CN(CC(O)C1CC1)C(=O)c1ccc2c(c1)ncn2C. The van der Waals surface area contributed by atoms with E-state index in [9.17, 15) is 9.90 Å². The van der Waals surface area contributed by atoms with Gasteiger partial charge in [0, 0.05) is 26.2 Å². The highest BCUT2D eigenvalue weighted by atomic mass is 16.3. The maximum Gasteiger partial charge on any atom is 0.253 e. The highest BCUT2D eigenvalue weighted by Crippen LogP contribution is 2.32. The maximum atomic E-state index is 12.4. The van der Waals surface area contributed by atoms with Crippen LogP contribution in [0, 0.1) is 5.92 Å². The van der Waals surface area contributed by atoms with Crippen LogP contribution in [0.5, 0.6) is 0 Å². The van der Waals surface area contributed by atoms with Crippen LogP contribution < -0.4 is 0 Å². The number of imidazole rings is 1. The topological polar surface area (TPSA) is 58.4 Å². The molecule has 1 aromatic heterocycles. The molecule has 3 rings (SSSR count). The molecule has 1 aliphatic carbocycles. The first-order valence-electron chi connectivity index (χ1n) is 6.91. The summed E-state index contributed by atoms with van der Waals surface area (Å²) >= 11 is 0. The number of aliphatic hydroxyl groups excluding tert-OH is 1. The van der Waals surface area contributed by atoms with Crippen molar-refractivity contribution in [3.8, 4) is 0 Å². The number of hydrogen-bond donors (Lipinski definition) is 1. The van der Waals surface area contributed by atoms with Gasteiger partial charge in [-0.2, -0.15) is 0 Å². The lowest BCUT2D eigenvalue weighted by Crippen LogP contribution is -2.35. The number of aryl methyl sites for hydroxylation is 1. The largest absolute Gasteiger partial charge is 0.391 e. The van der Waals surface area contributed by atoms with Crippen molar-refractivity contribution in [2.24, 2.45) is 13.0 Å². The molecule has 1 aliphatic rings. The van der Waals surface area contributed by atoms with Crippen molar-refractivity contribution >= 4 is 16.9 Å². The molecular weight excluding hydrogens is 254 g/mol. The Morgan fingerprint density at radius 1 is 1.55 bits per heavy atom. The minimum atomic E-state index is -0.400. The lowest BCUT2D eigenvalue weighted by molar-refractivity contribution is 0.0645. The lowest BCUT2D eigenvalue weighted by Gasteiger charge is -2.20. The first kappa shape index (κ1) is 13.1. The van der Waals surface area contributed by atoms with E-state index in [-0.39, 0.29) is 5.91 Å². The number of carbonyl (C=O) groups is 1. The standard InChI is InChI=1S/C15H19N3O2/c1-17(8-14(19)10-3-4-10)15(20)11-5-6-13-12(7-11)16-9-18(13)2/h5-7,9-10,14,19H,3-4,8H2,1-2H3. The van der Waals surface area contributed by atoms with E-state index in [1.54, 1.807) is 24.3 Å². The number of benzene rings is 1. The molecule has 1 aromatic carbocycles. The summed E-state index contributed by atoms with van der Waals surface area (Å²) in [5, 5.41) is 9.92. The molecule has 0 saturated heterocycles. The molecule has 1 unspecified atom stereocenters. The summed E-state index contributed by atoms with van der Waals surface area (Å²) in [7, 11) is 3.66. The number of nitrogens with zero attached hydrogens (tertiary/aromatic N) is 3. The zero-order chi connectivity index (χ0) is 14.3. The lowest BCUT2D eigenvalue weighted by atomic mass is 10.1. The quantitative estimate of drug-likeness (QED) is 0.916. The average molecular weight is 273 g/mol. The van der Waals surface area contributed by atoms with Gasteiger partial charge in [0.1, 0.15) is 0 Å². The molecule has 20 heavy (non-hydrogen) atoms. The van der Waals surface area contributed by atoms with Crippen LogP contribution in [0.25, 0.3) is 11.0 Å². The van der Waals surface area contributed by atoms with Crippen molar-refractivity contribution in [1.29, 1.82) is 0 Å². The molecule has 0 spiro atoms. The van der Waals surface area contributed by atoms with Crippen LogP contribution in [0.15, 0.2) is 24.5 Å². The second-order valence-electron chi connectivity index (χ2n) is 5.65. The molecule has 0 bridgehead atoms. The van der Waals surface area contributed by atoms with E-state index in [1.165, 1.54) is 0 Å². The smallest absolute Gasteiger partial charge is 0.253 e. The number of carbonyl (C=O) groups excluding carboxylic acids is 1. The summed E-state index contributed by atoms with van der Waals surface area (Å²) in [6.07, 6.45) is 3.48. The molecule has 5 nitrogen and oxygen atoms in total. The predicted molar refractivity (Wildman–Crippen MR) is 76.4 cm³/mol. The fourth-order valence-electron chi connectivity index (χ4n) is 2.48.